The van der Waals surface area contributed by atoms with Crippen molar-refractivity contribution in [2.75, 3.05) is 0 Å². The predicted octanol–water partition coefficient (Wildman–Crippen LogP) is 3.34. The molecule has 20 heavy (non-hydrogen) atoms. The van der Waals surface area contributed by atoms with Crippen LogP contribution in [-0.2, 0) is 13.0 Å². The van der Waals surface area contributed by atoms with Crippen molar-refractivity contribution in [1.29, 1.82) is 0 Å². The number of carbonyl (C=O) groups is 1. The van der Waals surface area contributed by atoms with Crippen molar-refractivity contribution < 1.29 is 9.90 Å². The summed E-state index contributed by atoms with van der Waals surface area (Å²) in [5.74, 6) is 1.71. The molecule has 1 aliphatic carbocycles. The number of nitrogens with zero attached hydrogens (tertiary/aromatic N) is 2. The van der Waals surface area contributed by atoms with Crippen LogP contribution in [0.25, 0.3) is 11.0 Å². The van der Waals surface area contributed by atoms with E-state index < -0.39 is 5.97 Å². The van der Waals surface area contributed by atoms with E-state index in [1.165, 1.54) is 6.42 Å². The Balaban J connectivity index is 2.07. The number of benzene rings is 1. The van der Waals surface area contributed by atoms with Crippen molar-refractivity contribution >= 4 is 17.0 Å². The fourth-order valence-corrected chi connectivity index (χ4v) is 2.81. The number of rotatable bonds is 5. The molecule has 3 rings (SSSR count). The van der Waals surface area contributed by atoms with Crippen LogP contribution >= 0.6 is 0 Å². The molecule has 106 valence electrons. The summed E-state index contributed by atoms with van der Waals surface area (Å²) in [7, 11) is 0. The van der Waals surface area contributed by atoms with Gasteiger partial charge in [0.15, 0.2) is 0 Å². The summed E-state index contributed by atoms with van der Waals surface area (Å²) in [6.45, 7) is 5.38. The molecule has 1 aromatic carbocycles. The van der Waals surface area contributed by atoms with E-state index >= 15 is 0 Å². The summed E-state index contributed by atoms with van der Waals surface area (Å²) >= 11 is 0. The fourth-order valence-electron chi connectivity index (χ4n) is 2.81. The molecular weight excluding hydrogens is 252 g/mol. The normalized spacial score (nSPS) is 21.3. The Kier molecular flexibility index (Phi) is 3.24. The molecule has 1 N–H and O–H groups in total. The summed E-state index contributed by atoms with van der Waals surface area (Å²) < 4.78 is 2.24. The maximum atomic E-state index is 11.1. The summed E-state index contributed by atoms with van der Waals surface area (Å²) in [5.41, 5.74) is 2.21. The Hall–Kier alpha value is -1.84. The van der Waals surface area contributed by atoms with E-state index in [0.29, 0.717) is 5.56 Å². The molecule has 1 fully saturated rings. The van der Waals surface area contributed by atoms with E-state index in [9.17, 15) is 4.79 Å². The number of carboxylic acids is 1. The molecule has 1 heterocycles. The van der Waals surface area contributed by atoms with Crippen LogP contribution < -0.4 is 0 Å². The zero-order valence-corrected chi connectivity index (χ0v) is 12.0. The molecule has 4 nitrogen and oxygen atoms in total. The molecule has 0 spiro atoms. The van der Waals surface area contributed by atoms with Gasteiger partial charge in [0.2, 0.25) is 0 Å². The van der Waals surface area contributed by atoms with Gasteiger partial charge in [-0.05, 0) is 42.9 Å². The van der Waals surface area contributed by atoms with Gasteiger partial charge in [-0.3, -0.25) is 0 Å². The molecule has 4 heteroatoms. The fraction of sp³-hybridized carbons (Fsp3) is 0.500. The third-order valence-electron chi connectivity index (χ3n) is 4.24. The van der Waals surface area contributed by atoms with Crippen LogP contribution in [-0.4, -0.2) is 20.6 Å². The van der Waals surface area contributed by atoms with Gasteiger partial charge < -0.3 is 9.67 Å². The van der Waals surface area contributed by atoms with Crippen LogP contribution in [0.5, 0.6) is 0 Å². The summed E-state index contributed by atoms with van der Waals surface area (Å²) in [4.78, 5) is 15.8. The van der Waals surface area contributed by atoms with Gasteiger partial charge in [-0.25, -0.2) is 9.78 Å². The summed E-state index contributed by atoms with van der Waals surface area (Å²) in [5, 5.41) is 9.15. The molecule has 2 aromatic rings. The highest BCUT2D eigenvalue weighted by Crippen LogP contribution is 2.40. The number of imidazole rings is 1. The van der Waals surface area contributed by atoms with Gasteiger partial charge in [0, 0.05) is 13.0 Å². The Morgan fingerprint density at radius 3 is 2.85 bits per heavy atom. The minimum absolute atomic E-state index is 0.338. The molecule has 0 saturated heterocycles. The first-order chi connectivity index (χ1) is 9.60. The zero-order chi connectivity index (χ0) is 14.3. The van der Waals surface area contributed by atoms with Crippen LogP contribution in [0.3, 0.4) is 0 Å². The summed E-state index contributed by atoms with van der Waals surface area (Å²) in [6.07, 6.45) is 3.26. The number of aromatic nitrogens is 2. The lowest BCUT2D eigenvalue weighted by Crippen LogP contribution is -2.06. The van der Waals surface area contributed by atoms with Gasteiger partial charge in [-0.2, -0.15) is 0 Å². The molecule has 1 aromatic heterocycles. The van der Waals surface area contributed by atoms with E-state index in [2.05, 4.69) is 23.4 Å². The standard InChI is InChI=1S/C16H20N2O2/c1-3-4-15-17-13-6-5-11(16(19)20)8-14(13)18(15)9-12-7-10(12)2/h5-6,8,10,12H,3-4,7,9H2,1-2H3,(H,19,20). The van der Waals surface area contributed by atoms with E-state index in [1.807, 2.05) is 6.07 Å². The Morgan fingerprint density at radius 1 is 1.50 bits per heavy atom. The maximum Gasteiger partial charge on any atom is 0.335 e. The number of aryl methyl sites for hydroxylation is 1. The average molecular weight is 272 g/mol. The van der Waals surface area contributed by atoms with Crippen LogP contribution in [0.2, 0.25) is 0 Å². The molecule has 2 atom stereocenters. The number of hydrogen-bond donors (Lipinski definition) is 1. The van der Waals surface area contributed by atoms with Crippen LogP contribution in [0.15, 0.2) is 18.2 Å². The molecular formula is C16H20N2O2. The first-order valence-electron chi connectivity index (χ1n) is 7.32. The molecule has 0 aliphatic heterocycles. The third kappa shape index (κ3) is 2.30. The first-order valence-corrected chi connectivity index (χ1v) is 7.32. The van der Waals surface area contributed by atoms with E-state index in [-0.39, 0.29) is 0 Å². The maximum absolute atomic E-state index is 11.1. The predicted molar refractivity (Wildman–Crippen MR) is 78.0 cm³/mol. The lowest BCUT2D eigenvalue weighted by molar-refractivity contribution is 0.0697. The number of hydrogen-bond acceptors (Lipinski definition) is 2. The number of carboxylic acid groups (broad SMARTS) is 1. The van der Waals surface area contributed by atoms with E-state index in [4.69, 9.17) is 5.11 Å². The van der Waals surface area contributed by atoms with E-state index in [0.717, 1.165) is 48.1 Å². The molecule has 2 unspecified atom stereocenters. The second-order valence-corrected chi connectivity index (χ2v) is 5.87. The third-order valence-corrected chi connectivity index (χ3v) is 4.24. The molecule has 0 radical (unpaired) electrons. The van der Waals surface area contributed by atoms with E-state index in [1.54, 1.807) is 12.1 Å². The van der Waals surface area contributed by atoms with Crippen molar-refractivity contribution in [2.45, 2.75) is 39.7 Å². The second-order valence-electron chi connectivity index (χ2n) is 5.87. The largest absolute Gasteiger partial charge is 0.478 e. The van der Waals surface area contributed by atoms with Gasteiger partial charge >= 0.3 is 5.97 Å². The highest BCUT2D eigenvalue weighted by Gasteiger charge is 2.33. The highest BCUT2D eigenvalue weighted by atomic mass is 16.4. The Bertz CT molecular complexity index is 660. The SMILES string of the molecule is CCCc1nc2ccc(C(=O)O)cc2n1CC1CC1C. The number of fused-ring (bicyclic) bond motifs is 1. The highest BCUT2D eigenvalue weighted by molar-refractivity contribution is 5.92. The Morgan fingerprint density at radius 2 is 2.25 bits per heavy atom. The minimum Gasteiger partial charge on any atom is -0.478 e. The van der Waals surface area contributed by atoms with Crippen LogP contribution in [0, 0.1) is 11.8 Å². The second kappa shape index (κ2) is 4.93. The molecule has 0 amide bonds. The molecule has 1 aliphatic rings. The van der Waals surface area contributed by atoms with Crippen LogP contribution in [0.1, 0.15) is 42.9 Å². The van der Waals surface area contributed by atoms with Gasteiger partial charge in [-0.15, -0.1) is 0 Å². The molecule has 0 bridgehead atoms. The minimum atomic E-state index is -0.878. The monoisotopic (exact) mass is 272 g/mol. The van der Waals surface area contributed by atoms with Gasteiger partial charge in [0.1, 0.15) is 5.82 Å². The van der Waals surface area contributed by atoms with Crippen LogP contribution in [0.4, 0.5) is 0 Å². The molecule has 1 saturated carbocycles. The van der Waals surface area contributed by atoms with Gasteiger partial charge in [-0.1, -0.05) is 13.8 Å². The van der Waals surface area contributed by atoms with Crippen molar-refractivity contribution in [1.82, 2.24) is 9.55 Å². The smallest absolute Gasteiger partial charge is 0.335 e. The topological polar surface area (TPSA) is 55.1 Å². The van der Waals surface area contributed by atoms with Gasteiger partial charge in [0.05, 0.1) is 16.6 Å². The quantitative estimate of drug-likeness (QED) is 0.908. The summed E-state index contributed by atoms with van der Waals surface area (Å²) in [6, 6.07) is 5.22. The van der Waals surface area contributed by atoms with Crippen molar-refractivity contribution in [3.05, 3.63) is 29.6 Å². The Labute approximate surface area is 118 Å². The van der Waals surface area contributed by atoms with Gasteiger partial charge in [0.25, 0.3) is 0 Å². The lowest BCUT2D eigenvalue weighted by atomic mass is 10.2. The number of aromatic carboxylic acids is 1. The van der Waals surface area contributed by atoms with Crippen molar-refractivity contribution in [3.63, 3.8) is 0 Å². The van der Waals surface area contributed by atoms with Crippen molar-refractivity contribution in [2.24, 2.45) is 11.8 Å². The zero-order valence-electron chi connectivity index (χ0n) is 12.0. The lowest BCUT2D eigenvalue weighted by Gasteiger charge is -2.08. The average Bonchev–Trinajstić information content (AvgIpc) is 3.00. The van der Waals surface area contributed by atoms with Crippen molar-refractivity contribution in [3.8, 4) is 0 Å². The first kappa shape index (κ1) is 13.2.